The fourth-order valence-electron chi connectivity index (χ4n) is 2.45. The van der Waals surface area contributed by atoms with Gasteiger partial charge in [-0.25, -0.2) is 4.98 Å². The van der Waals surface area contributed by atoms with E-state index in [9.17, 15) is 5.11 Å². The number of phenolic OH excluding ortho intramolecular Hbond substituents is 1. The Kier molecular flexibility index (Phi) is 2.27. The highest BCUT2D eigenvalue weighted by Crippen LogP contribution is 2.28. The summed E-state index contributed by atoms with van der Waals surface area (Å²) in [5, 5.41) is 11.6. The standard InChI is InChI=1S/C17H11NO2/c19-15-5-3-12-7-11(1-2-13(12)8-15)14-4-6-16-17(9-14)20-10-18-16/h1-10,19H. The Hall–Kier alpha value is -2.81. The molecule has 0 saturated heterocycles. The molecule has 0 aliphatic rings. The first-order chi connectivity index (χ1) is 9.79. The topological polar surface area (TPSA) is 46.3 Å². The molecule has 0 spiro atoms. The third-order valence-corrected chi connectivity index (χ3v) is 3.49. The first-order valence-corrected chi connectivity index (χ1v) is 6.36. The average Bonchev–Trinajstić information content (AvgIpc) is 2.94. The summed E-state index contributed by atoms with van der Waals surface area (Å²) in [6.45, 7) is 0. The second-order valence-electron chi connectivity index (χ2n) is 4.78. The second-order valence-corrected chi connectivity index (χ2v) is 4.78. The molecular formula is C17H11NO2. The molecule has 3 aromatic carbocycles. The van der Waals surface area contributed by atoms with Crippen LogP contribution in [0.15, 0.2) is 65.4 Å². The molecule has 0 aliphatic carbocycles. The van der Waals surface area contributed by atoms with Crippen molar-refractivity contribution in [1.82, 2.24) is 4.98 Å². The fourth-order valence-corrected chi connectivity index (χ4v) is 2.45. The van der Waals surface area contributed by atoms with E-state index in [1.807, 2.05) is 36.4 Å². The van der Waals surface area contributed by atoms with E-state index in [4.69, 9.17) is 4.42 Å². The molecule has 0 aliphatic heterocycles. The molecule has 0 atom stereocenters. The molecule has 0 unspecified atom stereocenters. The van der Waals surface area contributed by atoms with Gasteiger partial charge < -0.3 is 9.52 Å². The van der Waals surface area contributed by atoms with E-state index in [2.05, 4.69) is 11.1 Å². The van der Waals surface area contributed by atoms with Crippen molar-refractivity contribution in [3.63, 3.8) is 0 Å². The van der Waals surface area contributed by atoms with Gasteiger partial charge in [-0.3, -0.25) is 0 Å². The zero-order valence-corrected chi connectivity index (χ0v) is 10.6. The number of hydrogen-bond acceptors (Lipinski definition) is 3. The Bertz CT molecular complexity index is 924. The number of phenols is 1. The Morgan fingerprint density at radius 2 is 1.55 bits per heavy atom. The lowest BCUT2D eigenvalue weighted by Gasteiger charge is -2.04. The largest absolute Gasteiger partial charge is 0.508 e. The fraction of sp³-hybridized carbons (Fsp3) is 0. The van der Waals surface area contributed by atoms with Gasteiger partial charge in [0.1, 0.15) is 11.3 Å². The minimum atomic E-state index is 0.285. The van der Waals surface area contributed by atoms with Crippen molar-refractivity contribution in [1.29, 1.82) is 0 Å². The highest BCUT2D eigenvalue weighted by atomic mass is 16.3. The predicted octanol–water partition coefficient (Wildman–Crippen LogP) is 4.35. The maximum atomic E-state index is 9.49. The number of nitrogens with zero attached hydrogens (tertiary/aromatic N) is 1. The number of benzene rings is 3. The Morgan fingerprint density at radius 3 is 2.50 bits per heavy atom. The van der Waals surface area contributed by atoms with Crippen LogP contribution in [0.2, 0.25) is 0 Å². The van der Waals surface area contributed by atoms with Crippen LogP contribution in [0, 0.1) is 0 Å². The van der Waals surface area contributed by atoms with Crippen LogP contribution in [0.3, 0.4) is 0 Å². The monoisotopic (exact) mass is 261 g/mol. The SMILES string of the molecule is Oc1ccc2cc(-c3ccc4ncoc4c3)ccc2c1. The van der Waals surface area contributed by atoms with Crippen molar-refractivity contribution in [2.45, 2.75) is 0 Å². The van der Waals surface area contributed by atoms with Crippen molar-refractivity contribution in [3.8, 4) is 16.9 Å². The third kappa shape index (κ3) is 1.72. The normalized spacial score (nSPS) is 11.2. The number of hydrogen-bond donors (Lipinski definition) is 1. The van der Waals surface area contributed by atoms with E-state index in [0.29, 0.717) is 0 Å². The van der Waals surface area contributed by atoms with Gasteiger partial charge in [0.2, 0.25) is 0 Å². The van der Waals surface area contributed by atoms with Gasteiger partial charge in [-0.15, -0.1) is 0 Å². The summed E-state index contributed by atoms with van der Waals surface area (Å²) in [5.74, 6) is 0.285. The number of rotatable bonds is 1. The van der Waals surface area contributed by atoms with Crippen LogP contribution >= 0.6 is 0 Å². The summed E-state index contributed by atoms with van der Waals surface area (Å²) in [7, 11) is 0. The number of aromatic nitrogens is 1. The molecule has 0 amide bonds. The number of oxazole rings is 1. The Morgan fingerprint density at radius 1 is 0.800 bits per heavy atom. The van der Waals surface area contributed by atoms with Gasteiger partial charge >= 0.3 is 0 Å². The summed E-state index contributed by atoms with van der Waals surface area (Å²) < 4.78 is 5.34. The summed E-state index contributed by atoms with van der Waals surface area (Å²) in [5.41, 5.74) is 3.85. The maximum absolute atomic E-state index is 9.49. The molecule has 3 heteroatoms. The lowest BCUT2D eigenvalue weighted by molar-refractivity contribution is 0.476. The lowest BCUT2D eigenvalue weighted by atomic mass is 10.0. The number of fused-ring (bicyclic) bond motifs is 2. The zero-order chi connectivity index (χ0) is 13.5. The molecule has 1 aromatic heterocycles. The molecule has 4 aromatic rings. The van der Waals surface area contributed by atoms with E-state index in [0.717, 1.165) is 33.0 Å². The Labute approximate surface area is 115 Å². The summed E-state index contributed by atoms with van der Waals surface area (Å²) in [6.07, 6.45) is 1.46. The van der Waals surface area contributed by atoms with E-state index in [1.54, 1.807) is 12.1 Å². The summed E-state index contributed by atoms with van der Waals surface area (Å²) in [4.78, 5) is 4.12. The van der Waals surface area contributed by atoms with Crippen LogP contribution in [-0.2, 0) is 0 Å². The molecule has 0 fully saturated rings. The molecule has 20 heavy (non-hydrogen) atoms. The Balaban J connectivity index is 1.90. The van der Waals surface area contributed by atoms with Gasteiger partial charge in [0.25, 0.3) is 0 Å². The van der Waals surface area contributed by atoms with Crippen LogP contribution in [0.5, 0.6) is 5.75 Å². The summed E-state index contributed by atoms with van der Waals surface area (Å²) in [6, 6.07) is 17.5. The van der Waals surface area contributed by atoms with Crippen molar-refractivity contribution in [2.75, 3.05) is 0 Å². The molecule has 1 N–H and O–H groups in total. The quantitative estimate of drug-likeness (QED) is 0.554. The maximum Gasteiger partial charge on any atom is 0.181 e. The molecule has 3 nitrogen and oxygen atoms in total. The molecule has 0 radical (unpaired) electrons. The van der Waals surface area contributed by atoms with Crippen molar-refractivity contribution >= 4 is 21.9 Å². The van der Waals surface area contributed by atoms with Gasteiger partial charge in [0.05, 0.1) is 0 Å². The van der Waals surface area contributed by atoms with E-state index in [1.165, 1.54) is 6.39 Å². The predicted molar refractivity (Wildman–Crippen MR) is 78.6 cm³/mol. The first-order valence-electron chi connectivity index (χ1n) is 6.36. The second kappa shape index (κ2) is 4.10. The lowest BCUT2D eigenvalue weighted by Crippen LogP contribution is -1.79. The zero-order valence-electron chi connectivity index (χ0n) is 10.6. The van der Waals surface area contributed by atoms with Crippen LogP contribution in [0.1, 0.15) is 0 Å². The molecule has 96 valence electrons. The highest BCUT2D eigenvalue weighted by molar-refractivity contribution is 5.89. The third-order valence-electron chi connectivity index (χ3n) is 3.49. The number of aromatic hydroxyl groups is 1. The van der Waals surface area contributed by atoms with Gasteiger partial charge in [-0.2, -0.15) is 0 Å². The van der Waals surface area contributed by atoms with Crippen LogP contribution in [0.25, 0.3) is 33.0 Å². The molecular weight excluding hydrogens is 250 g/mol. The molecule has 1 heterocycles. The smallest absolute Gasteiger partial charge is 0.181 e. The van der Waals surface area contributed by atoms with Crippen molar-refractivity contribution < 1.29 is 9.52 Å². The van der Waals surface area contributed by atoms with Gasteiger partial charge in [-0.05, 0) is 52.2 Å². The van der Waals surface area contributed by atoms with Gasteiger partial charge in [-0.1, -0.05) is 24.3 Å². The van der Waals surface area contributed by atoms with E-state index < -0.39 is 0 Å². The first kappa shape index (κ1) is 11.1. The summed E-state index contributed by atoms with van der Waals surface area (Å²) >= 11 is 0. The van der Waals surface area contributed by atoms with E-state index in [-0.39, 0.29) is 5.75 Å². The van der Waals surface area contributed by atoms with Crippen LogP contribution < -0.4 is 0 Å². The average molecular weight is 261 g/mol. The molecule has 4 rings (SSSR count). The highest BCUT2D eigenvalue weighted by Gasteiger charge is 2.04. The molecule has 0 bridgehead atoms. The van der Waals surface area contributed by atoms with Crippen LogP contribution in [0.4, 0.5) is 0 Å². The minimum absolute atomic E-state index is 0.285. The molecule has 0 saturated carbocycles. The van der Waals surface area contributed by atoms with Crippen molar-refractivity contribution in [2.24, 2.45) is 0 Å². The van der Waals surface area contributed by atoms with Gasteiger partial charge in [0.15, 0.2) is 12.0 Å². The minimum Gasteiger partial charge on any atom is -0.508 e. The van der Waals surface area contributed by atoms with E-state index >= 15 is 0 Å². The van der Waals surface area contributed by atoms with Gasteiger partial charge in [0, 0.05) is 0 Å². The van der Waals surface area contributed by atoms with Crippen molar-refractivity contribution in [3.05, 3.63) is 61.0 Å². The van der Waals surface area contributed by atoms with Crippen LogP contribution in [-0.4, -0.2) is 10.1 Å².